The van der Waals surface area contributed by atoms with Gasteiger partial charge in [0, 0.05) is 13.1 Å². The predicted octanol–water partition coefficient (Wildman–Crippen LogP) is 5.71. The van der Waals surface area contributed by atoms with Crippen LogP contribution in [0, 0.1) is 12.3 Å². The molecule has 1 aliphatic rings. The van der Waals surface area contributed by atoms with Crippen LogP contribution in [0.3, 0.4) is 0 Å². The first-order chi connectivity index (χ1) is 15.7. The molecular formula is C24H31N5O3S. The highest BCUT2D eigenvalue weighted by Gasteiger charge is 2.31. The van der Waals surface area contributed by atoms with Crippen molar-refractivity contribution in [3.63, 3.8) is 0 Å². The summed E-state index contributed by atoms with van der Waals surface area (Å²) in [6.07, 6.45) is 3.12. The number of carbonyl (C=O) groups is 1. The first-order valence-electron chi connectivity index (χ1n) is 11.3. The number of piperidine rings is 1. The molecule has 1 amide bonds. The molecule has 4 rings (SSSR count). The number of hydrogen-bond donors (Lipinski definition) is 3. The van der Waals surface area contributed by atoms with E-state index in [1.807, 2.05) is 19.1 Å². The average Bonchev–Trinajstić information content (AvgIpc) is 3.41. The molecule has 176 valence electrons. The van der Waals surface area contributed by atoms with Crippen molar-refractivity contribution < 1.29 is 14.3 Å². The van der Waals surface area contributed by atoms with Crippen LogP contribution in [0.25, 0.3) is 0 Å². The van der Waals surface area contributed by atoms with Crippen molar-refractivity contribution in [2.24, 2.45) is 5.41 Å². The highest BCUT2D eigenvalue weighted by Crippen LogP contribution is 2.39. The molecule has 9 heteroatoms. The van der Waals surface area contributed by atoms with Crippen molar-refractivity contribution in [3.8, 4) is 5.75 Å². The Bertz CT molecular complexity index is 1110. The number of aromatic nitrogens is 2. The minimum Gasteiger partial charge on any atom is -0.505 e. The van der Waals surface area contributed by atoms with Crippen molar-refractivity contribution in [3.05, 3.63) is 47.4 Å². The Hall–Kier alpha value is -3.07. The molecule has 0 aliphatic carbocycles. The van der Waals surface area contributed by atoms with E-state index in [1.54, 1.807) is 23.1 Å². The zero-order chi connectivity index (χ0) is 23.6. The lowest BCUT2D eigenvalue weighted by atomic mass is 9.85. The number of amides is 1. The van der Waals surface area contributed by atoms with E-state index in [-0.39, 0.29) is 23.1 Å². The maximum atomic E-state index is 12.9. The second-order valence-corrected chi connectivity index (χ2v) is 10.1. The molecular weight excluding hydrogens is 438 g/mol. The lowest BCUT2D eigenvalue weighted by Crippen LogP contribution is -2.35. The molecule has 1 aliphatic heterocycles. The van der Waals surface area contributed by atoms with Crippen LogP contribution in [0.2, 0.25) is 0 Å². The van der Waals surface area contributed by atoms with Crippen LogP contribution in [0.5, 0.6) is 5.75 Å². The maximum absolute atomic E-state index is 12.9. The standard InChI is InChI=1S/C24H31N5O3S/c1-15-11-12-18(32-15)20(24(2,3)4)26-22-21(27-33-28-22)25-17-10-8-9-16(19(17)30)23(31)29-13-6-5-7-14-29/h8-12,20,30H,5-7,13-14H2,1-4H3,(H,25,27)(H,26,28). The molecule has 0 spiro atoms. The van der Waals surface area contributed by atoms with Gasteiger partial charge < -0.3 is 25.1 Å². The Kier molecular flexibility index (Phi) is 6.60. The monoisotopic (exact) mass is 469 g/mol. The third kappa shape index (κ3) is 5.13. The summed E-state index contributed by atoms with van der Waals surface area (Å²) in [5.41, 5.74) is 0.543. The summed E-state index contributed by atoms with van der Waals surface area (Å²) in [5, 5.41) is 17.5. The minimum atomic E-state index is -0.159. The van der Waals surface area contributed by atoms with Gasteiger partial charge in [-0.05, 0) is 55.9 Å². The summed E-state index contributed by atoms with van der Waals surface area (Å²) < 4.78 is 14.7. The van der Waals surface area contributed by atoms with Gasteiger partial charge in [-0.25, -0.2) is 0 Å². The van der Waals surface area contributed by atoms with Gasteiger partial charge in [0.25, 0.3) is 5.91 Å². The number of para-hydroxylation sites is 1. The van der Waals surface area contributed by atoms with Gasteiger partial charge in [-0.1, -0.05) is 26.8 Å². The van der Waals surface area contributed by atoms with E-state index in [0.29, 0.717) is 22.9 Å². The SMILES string of the molecule is Cc1ccc(C(Nc2nsnc2Nc2cccc(C(=O)N3CCCCC3)c2O)C(C)(C)C)o1. The average molecular weight is 470 g/mol. The topological polar surface area (TPSA) is 104 Å². The lowest BCUT2D eigenvalue weighted by Gasteiger charge is -2.30. The normalized spacial score (nSPS) is 15.3. The Labute approximate surface area is 198 Å². The fraction of sp³-hybridized carbons (Fsp3) is 0.458. The highest BCUT2D eigenvalue weighted by molar-refractivity contribution is 6.99. The molecule has 33 heavy (non-hydrogen) atoms. The zero-order valence-electron chi connectivity index (χ0n) is 19.5. The van der Waals surface area contributed by atoms with E-state index in [4.69, 9.17) is 4.42 Å². The quantitative estimate of drug-likeness (QED) is 0.397. The number of nitrogens with one attached hydrogen (secondary N) is 2. The van der Waals surface area contributed by atoms with Crippen LogP contribution < -0.4 is 10.6 Å². The van der Waals surface area contributed by atoms with E-state index in [1.165, 1.54) is 0 Å². The summed E-state index contributed by atoms with van der Waals surface area (Å²) in [4.78, 5) is 14.8. The summed E-state index contributed by atoms with van der Waals surface area (Å²) in [5.74, 6) is 2.47. The van der Waals surface area contributed by atoms with Crippen LogP contribution in [-0.2, 0) is 0 Å². The number of aryl methyl sites for hydroxylation is 1. The molecule has 3 N–H and O–H groups in total. The Morgan fingerprint density at radius 2 is 1.85 bits per heavy atom. The van der Waals surface area contributed by atoms with Gasteiger partial charge in [0.2, 0.25) is 0 Å². The Morgan fingerprint density at radius 1 is 1.12 bits per heavy atom. The maximum Gasteiger partial charge on any atom is 0.257 e. The number of hydrogen-bond acceptors (Lipinski definition) is 8. The number of phenolic OH excluding ortho intramolecular Hbond substituents is 1. The molecule has 0 saturated carbocycles. The van der Waals surface area contributed by atoms with Gasteiger partial charge in [0.1, 0.15) is 11.5 Å². The third-order valence-electron chi connectivity index (χ3n) is 5.84. The number of benzene rings is 1. The number of nitrogens with zero attached hydrogens (tertiary/aromatic N) is 3. The fourth-order valence-electron chi connectivity index (χ4n) is 4.04. The number of aromatic hydroxyl groups is 1. The molecule has 0 radical (unpaired) electrons. The van der Waals surface area contributed by atoms with Crippen LogP contribution in [-0.4, -0.2) is 37.8 Å². The van der Waals surface area contributed by atoms with Crippen molar-refractivity contribution in [1.82, 2.24) is 13.6 Å². The van der Waals surface area contributed by atoms with Crippen LogP contribution >= 0.6 is 11.7 Å². The van der Waals surface area contributed by atoms with Crippen LogP contribution in [0.1, 0.15) is 68.0 Å². The first-order valence-corrected chi connectivity index (χ1v) is 12.0. The Balaban J connectivity index is 1.57. The zero-order valence-corrected chi connectivity index (χ0v) is 20.3. The van der Waals surface area contributed by atoms with E-state index in [9.17, 15) is 9.90 Å². The summed E-state index contributed by atoms with van der Waals surface area (Å²) >= 11 is 1.07. The number of rotatable bonds is 6. The summed E-state index contributed by atoms with van der Waals surface area (Å²) in [6.45, 7) is 9.73. The molecule has 1 atom stereocenters. The minimum absolute atomic E-state index is 0.0824. The molecule has 0 bridgehead atoms. The first kappa shape index (κ1) is 23.1. The molecule has 1 saturated heterocycles. The number of carbonyl (C=O) groups excluding carboxylic acids is 1. The van der Waals surface area contributed by atoms with E-state index in [2.05, 4.69) is 40.2 Å². The van der Waals surface area contributed by atoms with Gasteiger partial charge >= 0.3 is 0 Å². The molecule has 3 aromatic rings. The molecule has 2 aromatic heterocycles. The number of likely N-dealkylation sites (tertiary alicyclic amines) is 1. The second-order valence-electron chi connectivity index (χ2n) is 9.53. The van der Waals surface area contributed by atoms with Crippen molar-refractivity contribution >= 4 is 35.0 Å². The van der Waals surface area contributed by atoms with E-state index >= 15 is 0 Å². The van der Waals surface area contributed by atoms with Crippen molar-refractivity contribution in [1.29, 1.82) is 0 Å². The fourth-order valence-corrected chi connectivity index (χ4v) is 4.51. The second kappa shape index (κ2) is 9.43. The molecule has 1 unspecified atom stereocenters. The van der Waals surface area contributed by atoms with Crippen LogP contribution in [0.15, 0.2) is 34.7 Å². The van der Waals surface area contributed by atoms with Gasteiger partial charge in [-0.15, -0.1) is 0 Å². The van der Waals surface area contributed by atoms with Gasteiger partial charge in [0.15, 0.2) is 17.4 Å². The summed E-state index contributed by atoms with van der Waals surface area (Å²) in [7, 11) is 0. The Morgan fingerprint density at radius 3 is 2.52 bits per heavy atom. The van der Waals surface area contributed by atoms with Gasteiger partial charge in [-0.2, -0.15) is 8.75 Å². The van der Waals surface area contributed by atoms with E-state index in [0.717, 1.165) is 55.6 Å². The van der Waals surface area contributed by atoms with Crippen molar-refractivity contribution in [2.75, 3.05) is 23.7 Å². The lowest BCUT2D eigenvalue weighted by molar-refractivity contribution is 0.0721. The summed E-state index contributed by atoms with van der Waals surface area (Å²) in [6, 6.07) is 8.91. The van der Waals surface area contributed by atoms with Gasteiger partial charge in [-0.3, -0.25) is 4.79 Å². The van der Waals surface area contributed by atoms with E-state index < -0.39 is 0 Å². The highest BCUT2D eigenvalue weighted by atomic mass is 32.1. The van der Waals surface area contributed by atoms with Crippen LogP contribution in [0.4, 0.5) is 17.3 Å². The number of phenols is 1. The third-order valence-corrected chi connectivity index (χ3v) is 6.37. The molecule has 8 nitrogen and oxygen atoms in total. The molecule has 1 aromatic carbocycles. The molecule has 3 heterocycles. The number of anilines is 3. The van der Waals surface area contributed by atoms with Crippen molar-refractivity contribution in [2.45, 2.75) is 53.0 Å². The smallest absolute Gasteiger partial charge is 0.257 e. The molecule has 1 fully saturated rings. The largest absolute Gasteiger partial charge is 0.505 e. The van der Waals surface area contributed by atoms with Gasteiger partial charge in [0.05, 0.1) is 29.0 Å². The predicted molar refractivity (Wildman–Crippen MR) is 130 cm³/mol. The number of furan rings is 1.